The van der Waals surface area contributed by atoms with Crippen LogP contribution < -0.4 is 5.32 Å². The molecule has 0 saturated carbocycles. The molecule has 1 fully saturated rings. The van der Waals surface area contributed by atoms with E-state index in [-0.39, 0.29) is 6.10 Å². The van der Waals surface area contributed by atoms with Gasteiger partial charge >= 0.3 is 5.97 Å². The van der Waals surface area contributed by atoms with Crippen molar-refractivity contribution in [1.82, 2.24) is 19.7 Å². The van der Waals surface area contributed by atoms with Crippen LogP contribution in [0.5, 0.6) is 0 Å². The molecule has 1 unspecified atom stereocenters. The average molecular weight is 522 g/mol. The summed E-state index contributed by atoms with van der Waals surface area (Å²) in [6.45, 7) is 6.00. The Hall–Kier alpha value is -3.01. The van der Waals surface area contributed by atoms with Gasteiger partial charge in [0.15, 0.2) is 0 Å². The maximum absolute atomic E-state index is 12.4. The normalized spacial score (nSPS) is 16.7. The van der Waals surface area contributed by atoms with E-state index in [1.807, 2.05) is 34.7 Å². The van der Waals surface area contributed by atoms with E-state index >= 15 is 0 Å². The van der Waals surface area contributed by atoms with E-state index in [1.54, 1.807) is 7.11 Å². The van der Waals surface area contributed by atoms with E-state index in [0.29, 0.717) is 32.8 Å². The molecule has 2 aromatic heterocycles. The van der Waals surface area contributed by atoms with E-state index in [9.17, 15) is 9.90 Å². The van der Waals surface area contributed by atoms with Crippen LogP contribution in [0.3, 0.4) is 0 Å². The lowest BCUT2D eigenvalue weighted by Crippen LogP contribution is -2.55. The summed E-state index contributed by atoms with van der Waals surface area (Å²) in [5.74, 6) is 0.219. The molecule has 38 heavy (non-hydrogen) atoms. The maximum atomic E-state index is 12.4. The summed E-state index contributed by atoms with van der Waals surface area (Å²) in [7, 11) is 1.66. The summed E-state index contributed by atoms with van der Waals surface area (Å²) in [6.07, 6.45) is 6.54. The quantitative estimate of drug-likeness (QED) is 0.326. The third-order valence-electron chi connectivity index (χ3n) is 7.65. The Labute approximate surface area is 224 Å². The zero-order valence-corrected chi connectivity index (χ0v) is 22.5. The van der Waals surface area contributed by atoms with Crippen molar-refractivity contribution in [3.8, 4) is 0 Å². The first-order chi connectivity index (χ1) is 18.5. The summed E-state index contributed by atoms with van der Waals surface area (Å²) in [6, 6.07) is 9.49. The van der Waals surface area contributed by atoms with Gasteiger partial charge in [-0.1, -0.05) is 30.7 Å². The van der Waals surface area contributed by atoms with E-state index in [2.05, 4.69) is 22.5 Å². The molecule has 0 amide bonds. The lowest BCUT2D eigenvalue weighted by Gasteiger charge is -2.42. The minimum absolute atomic E-state index is 0.0737. The standard InChI is InChI=1S/C29H39N5O4/c1-20-24-10-6-11-25(26(24)34(32-20)15-17-37-2)27(29(35)36)33-18-23(19-33)38-16-5-3-4-9-22-13-12-21-8-7-14-30-28(21)31-22/h6,10-13,23,27H,3-5,7-9,14-19H2,1-2H3,(H,30,31)(H,35,36). The van der Waals surface area contributed by atoms with Crippen molar-refractivity contribution in [1.29, 1.82) is 0 Å². The number of methoxy groups -OCH3 is 1. The van der Waals surface area contributed by atoms with Crippen LogP contribution in [-0.2, 0) is 33.7 Å². The van der Waals surface area contributed by atoms with E-state index in [0.717, 1.165) is 72.3 Å². The van der Waals surface area contributed by atoms with Gasteiger partial charge in [-0.05, 0) is 50.7 Å². The number of para-hydroxylation sites is 1. The number of pyridine rings is 1. The van der Waals surface area contributed by atoms with Gasteiger partial charge < -0.3 is 19.9 Å². The topological polar surface area (TPSA) is 102 Å². The molecule has 2 aliphatic heterocycles. The van der Waals surface area contributed by atoms with Crippen molar-refractivity contribution < 1.29 is 19.4 Å². The predicted molar refractivity (Wildman–Crippen MR) is 147 cm³/mol. The van der Waals surface area contributed by atoms with E-state index in [1.165, 1.54) is 12.0 Å². The smallest absolute Gasteiger partial charge is 0.325 e. The van der Waals surface area contributed by atoms with Crippen LogP contribution in [0.2, 0.25) is 0 Å². The van der Waals surface area contributed by atoms with Gasteiger partial charge in [-0.15, -0.1) is 0 Å². The lowest BCUT2D eigenvalue weighted by molar-refractivity contribution is -0.150. The molecule has 9 heteroatoms. The summed E-state index contributed by atoms with van der Waals surface area (Å²) >= 11 is 0. The highest BCUT2D eigenvalue weighted by atomic mass is 16.5. The Morgan fingerprint density at radius 2 is 2.05 bits per heavy atom. The highest BCUT2D eigenvalue weighted by Crippen LogP contribution is 2.33. The first kappa shape index (κ1) is 26.6. The van der Waals surface area contributed by atoms with Crippen molar-refractivity contribution in [2.24, 2.45) is 0 Å². The number of aliphatic carboxylic acids is 1. The fourth-order valence-corrected chi connectivity index (χ4v) is 5.60. The second kappa shape index (κ2) is 12.2. The van der Waals surface area contributed by atoms with E-state index < -0.39 is 12.0 Å². The fraction of sp³-hybridized carbons (Fsp3) is 0.552. The molecule has 0 radical (unpaired) electrons. The third-order valence-corrected chi connectivity index (χ3v) is 7.65. The molecule has 5 rings (SSSR count). The number of benzene rings is 1. The van der Waals surface area contributed by atoms with Gasteiger partial charge in [0.25, 0.3) is 0 Å². The molecular formula is C29H39N5O4. The summed E-state index contributed by atoms with van der Waals surface area (Å²) in [5.41, 5.74) is 5.03. The highest BCUT2D eigenvalue weighted by Gasteiger charge is 2.39. The molecule has 0 bridgehead atoms. The number of unbranched alkanes of at least 4 members (excludes halogenated alkanes) is 2. The number of hydrogen-bond acceptors (Lipinski definition) is 7. The number of anilines is 1. The minimum Gasteiger partial charge on any atom is -0.480 e. The van der Waals surface area contributed by atoms with Crippen molar-refractivity contribution in [2.75, 3.05) is 45.3 Å². The molecule has 9 nitrogen and oxygen atoms in total. The first-order valence-corrected chi connectivity index (χ1v) is 13.8. The molecule has 2 aliphatic rings. The number of carboxylic acid groups (broad SMARTS) is 1. The van der Waals surface area contributed by atoms with Crippen LogP contribution in [0.25, 0.3) is 10.9 Å². The van der Waals surface area contributed by atoms with Gasteiger partial charge in [0.1, 0.15) is 11.9 Å². The Balaban J connectivity index is 1.09. The van der Waals surface area contributed by atoms with Gasteiger partial charge in [-0.2, -0.15) is 5.10 Å². The SMILES string of the molecule is COCCn1nc(C)c2cccc(C(C(=O)O)N3CC(OCCCCCc4ccc5c(n4)NCCC5)C3)c21. The Bertz CT molecular complexity index is 1250. The highest BCUT2D eigenvalue weighted by molar-refractivity contribution is 5.89. The zero-order valence-electron chi connectivity index (χ0n) is 22.5. The van der Waals surface area contributed by atoms with Crippen molar-refractivity contribution in [3.05, 3.63) is 52.8 Å². The van der Waals surface area contributed by atoms with E-state index in [4.69, 9.17) is 14.5 Å². The first-order valence-electron chi connectivity index (χ1n) is 13.8. The lowest BCUT2D eigenvalue weighted by atomic mass is 9.97. The van der Waals surface area contributed by atoms with Gasteiger partial charge in [0, 0.05) is 50.0 Å². The molecular weight excluding hydrogens is 482 g/mol. The monoisotopic (exact) mass is 521 g/mol. The number of likely N-dealkylation sites (tertiary alicyclic amines) is 1. The third kappa shape index (κ3) is 5.85. The molecule has 1 atom stereocenters. The second-order valence-corrected chi connectivity index (χ2v) is 10.4. The minimum atomic E-state index is -0.848. The number of rotatable bonds is 13. The molecule has 1 aromatic carbocycles. The fourth-order valence-electron chi connectivity index (χ4n) is 5.60. The van der Waals surface area contributed by atoms with Crippen LogP contribution in [0.4, 0.5) is 5.82 Å². The molecule has 0 aliphatic carbocycles. The molecule has 1 saturated heterocycles. The van der Waals surface area contributed by atoms with Crippen LogP contribution in [0.1, 0.15) is 54.2 Å². The molecule has 4 heterocycles. The summed E-state index contributed by atoms with van der Waals surface area (Å²) in [4.78, 5) is 19.2. The van der Waals surface area contributed by atoms with Crippen LogP contribution in [-0.4, -0.2) is 76.8 Å². The Morgan fingerprint density at radius 1 is 1.18 bits per heavy atom. The van der Waals surface area contributed by atoms with Crippen molar-refractivity contribution in [3.63, 3.8) is 0 Å². The number of carbonyl (C=O) groups is 1. The number of nitrogens with zero attached hydrogens (tertiary/aromatic N) is 4. The number of hydrogen-bond donors (Lipinski definition) is 2. The molecule has 3 aromatic rings. The average Bonchev–Trinajstić information content (AvgIpc) is 3.23. The Kier molecular flexibility index (Phi) is 8.56. The van der Waals surface area contributed by atoms with Gasteiger partial charge in [-0.3, -0.25) is 14.4 Å². The molecule has 204 valence electrons. The van der Waals surface area contributed by atoms with Gasteiger partial charge in [0.2, 0.25) is 0 Å². The van der Waals surface area contributed by atoms with Crippen molar-refractivity contribution in [2.45, 2.75) is 64.1 Å². The van der Waals surface area contributed by atoms with Crippen LogP contribution >= 0.6 is 0 Å². The number of aryl methyl sites for hydroxylation is 3. The summed E-state index contributed by atoms with van der Waals surface area (Å²) in [5, 5.41) is 19.2. The number of nitrogens with one attached hydrogen (secondary N) is 1. The van der Waals surface area contributed by atoms with Crippen LogP contribution in [0, 0.1) is 6.92 Å². The number of carboxylic acids is 1. The van der Waals surface area contributed by atoms with Crippen LogP contribution in [0.15, 0.2) is 30.3 Å². The zero-order chi connectivity index (χ0) is 26.5. The number of aromatic nitrogens is 3. The molecule has 0 spiro atoms. The number of fused-ring (bicyclic) bond motifs is 2. The van der Waals surface area contributed by atoms with Gasteiger partial charge in [-0.25, -0.2) is 4.98 Å². The molecule has 2 N–H and O–H groups in total. The number of ether oxygens (including phenoxy) is 2. The summed E-state index contributed by atoms with van der Waals surface area (Å²) < 4.78 is 13.2. The Morgan fingerprint density at radius 3 is 2.87 bits per heavy atom. The predicted octanol–water partition coefficient (Wildman–Crippen LogP) is 3.98. The van der Waals surface area contributed by atoms with Gasteiger partial charge in [0.05, 0.1) is 30.5 Å². The second-order valence-electron chi connectivity index (χ2n) is 10.4. The maximum Gasteiger partial charge on any atom is 0.325 e. The largest absolute Gasteiger partial charge is 0.480 e. The van der Waals surface area contributed by atoms with Crippen molar-refractivity contribution >= 4 is 22.7 Å².